The van der Waals surface area contributed by atoms with Crippen molar-refractivity contribution in [3.05, 3.63) is 35.9 Å². The summed E-state index contributed by atoms with van der Waals surface area (Å²) in [4.78, 5) is 24.9. The number of aliphatic hydroxyl groups is 1. The van der Waals surface area contributed by atoms with Gasteiger partial charge in [-0.2, -0.15) is 0 Å². The van der Waals surface area contributed by atoms with Gasteiger partial charge in [-0.05, 0) is 24.8 Å². The summed E-state index contributed by atoms with van der Waals surface area (Å²) in [5, 5.41) is 19.3. The Morgan fingerprint density at radius 1 is 1.07 bits per heavy atom. The molecule has 0 saturated heterocycles. The number of nitrogens with one attached hydrogen (secondary N) is 1. The van der Waals surface area contributed by atoms with Crippen LogP contribution in [0.25, 0.3) is 0 Å². The summed E-state index contributed by atoms with van der Waals surface area (Å²) in [7, 11) is 0. The normalized spacial score (nSPS) is 9.52. The minimum absolute atomic E-state index is 0.0684. The first-order valence-electron chi connectivity index (χ1n) is 8.78. The van der Waals surface area contributed by atoms with E-state index in [-0.39, 0.29) is 25.6 Å². The zero-order valence-electron chi connectivity index (χ0n) is 15.5. The summed E-state index contributed by atoms with van der Waals surface area (Å²) >= 11 is 0. The second-order valence-electron chi connectivity index (χ2n) is 5.58. The lowest BCUT2D eigenvalue weighted by Gasteiger charge is -2.05. The van der Waals surface area contributed by atoms with E-state index in [0.29, 0.717) is 25.9 Å². The van der Waals surface area contributed by atoms with Crippen LogP contribution in [-0.4, -0.2) is 47.9 Å². The molecule has 0 aliphatic rings. The highest BCUT2D eigenvalue weighted by Crippen LogP contribution is 2.00. The second-order valence-corrected chi connectivity index (χ2v) is 5.58. The van der Waals surface area contributed by atoms with Crippen molar-refractivity contribution in [3.63, 3.8) is 0 Å². The molecular formula is C18H30N4O5. The summed E-state index contributed by atoms with van der Waals surface area (Å²) in [6, 6.07) is 9.47. The number of hydrogen-bond acceptors (Lipinski definition) is 5. The Balaban J connectivity index is 0.000000516. The SMILES string of the molecule is NC(N)=NCCCCCC(=O)O.O=C(NCCCO)OCc1ccccc1. The number of benzene rings is 1. The fourth-order valence-electron chi connectivity index (χ4n) is 1.82. The third-order valence-electron chi connectivity index (χ3n) is 3.16. The molecule has 0 aliphatic carbocycles. The molecule has 0 radical (unpaired) electrons. The van der Waals surface area contributed by atoms with Crippen LogP contribution in [0.3, 0.4) is 0 Å². The van der Waals surface area contributed by atoms with Crippen LogP contribution in [0.5, 0.6) is 0 Å². The lowest BCUT2D eigenvalue weighted by Crippen LogP contribution is -2.25. The summed E-state index contributed by atoms with van der Waals surface area (Å²) in [6.07, 6.45) is 2.69. The van der Waals surface area contributed by atoms with Gasteiger partial charge in [0.1, 0.15) is 6.61 Å². The monoisotopic (exact) mass is 382 g/mol. The van der Waals surface area contributed by atoms with Crippen LogP contribution in [-0.2, 0) is 16.1 Å². The highest BCUT2D eigenvalue weighted by molar-refractivity contribution is 5.75. The highest BCUT2D eigenvalue weighted by atomic mass is 16.5. The van der Waals surface area contributed by atoms with Gasteiger partial charge in [0.15, 0.2) is 5.96 Å². The zero-order chi connectivity index (χ0) is 20.3. The van der Waals surface area contributed by atoms with Crippen LogP contribution in [0.4, 0.5) is 4.79 Å². The van der Waals surface area contributed by atoms with Gasteiger partial charge in [0.2, 0.25) is 0 Å². The Hall–Kier alpha value is -2.81. The third-order valence-corrected chi connectivity index (χ3v) is 3.16. The van der Waals surface area contributed by atoms with Crippen molar-refractivity contribution >= 4 is 18.0 Å². The Labute approximate surface area is 159 Å². The number of aliphatic carboxylic acids is 1. The van der Waals surface area contributed by atoms with Crippen LogP contribution in [0.15, 0.2) is 35.3 Å². The van der Waals surface area contributed by atoms with Crippen molar-refractivity contribution < 1.29 is 24.5 Å². The number of alkyl carbamates (subject to hydrolysis) is 1. The number of carboxylic acids is 1. The largest absolute Gasteiger partial charge is 0.481 e. The molecule has 1 rings (SSSR count). The van der Waals surface area contributed by atoms with Crippen LogP contribution in [0.1, 0.15) is 37.7 Å². The van der Waals surface area contributed by atoms with E-state index < -0.39 is 12.1 Å². The highest BCUT2D eigenvalue weighted by Gasteiger charge is 2.00. The number of carboxylic acid groups (broad SMARTS) is 1. The summed E-state index contributed by atoms with van der Waals surface area (Å²) < 4.78 is 4.94. The van der Waals surface area contributed by atoms with Crippen molar-refractivity contribution in [2.45, 2.75) is 38.7 Å². The third kappa shape index (κ3) is 17.8. The van der Waals surface area contributed by atoms with Gasteiger partial charge in [0.05, 0.1) is 0 Å². The Morgan fingerprint density at radius 3 is 2.37 bits per heavy atom. The lowest BCUT2D eigenvalue weighted by molar-refractivity contribution is -0.137. The minimum atomic E-state index is -0.753. The molecule has 9 nitrogen and oxygen atoms in total. The van der Waals surface area contributed by atoms with Gasteiger partial charge in [-0.1, -0.05) is 36.8 Å². The average molecular weight is 382 g/mol. The average Bonchev–Trinajstić information content (AvgIpc) is 2.64. The smallest absolute Gasteiger partial charge is 0.407 e. The number of aliphatic hydroxyl groups excluding tert-OH is 1. The number of guanidine groups is 1. The van der Waals surface area contributed by atoms with E-state index in [4.69, 9.17) is 26.4 Å². The van der Waals surface area contributed by atoms with Gasteiger partial charge in [-0.3, -0.25) is 9.79 Å². The predicted octanol–water partition coefficient (Wildman–Crippen LogP) is 1.20. The molecule has 0 bridgehead atoms. The maximum absolute atomic E-state index is 11.1. The standard InChI is InChI=1S/C11H15NO3.C7H15N3O2/c13-8-4-7-12-11(14)15-9-10-5-2-1-3-6-10;8-7(9)10-5-3-1-2-4-6(11)12/h1-3,5-6,13H,4,7-9H2,(H,12,14);1-5H2,(H,11,12)(H4,8,9,10). The lowest BCUT2D eigenvalue weighted by atomic mass is 10.2. The Morgan fingerprint density at radius 2 is 1.78 bits per heavy atom. The fraction of sp³-hybridized carbons (Fsp3) is 0.500. The molecule has 1 aromatic rings. The summed E-state index contributed by atoms with van der Waals surface area (Å²) in [6.45, 7) is 1.36. The van der Waals surface area contributed by atoms with E-state index >= 15 is 0 Å². The van der Waals surface area contributed by atoms with Crippen LogP contribution < -0.4 is 16.8 Å². The number of carbonyl (C=O) groups excluding carboxylic acids is 1. The number of carbonyl (C=O) groups is 2. The molecule has 0 unspecified atom stereocenters. The number of rotatable bonds is 11. The molecule has 1 amide bonds. The molecule has 0 aromatic heterocycles. The topological polar surface area (TPSA) is 160 Å². The van der Waals surface area contributed by atoms with E-state index in [0.717, 1.165) is 18.4 Å². The molecule has 0 heterocycles. The van der Waals surface area contributed by atoms with Gasteiger partial charge in [0, 0.05) is 26.1 Å². The molecule has 0 atom stereocenters. The molecule has 152 valence electrons. The fourth-order valence-corrected chi connectivity index (χ4v) is 1.82. The van der Waals surface area contributed by atoms with E-state index in [1.54, 1.807) is 0 Å². The van der Waals surface area contributed by atoms with E-state index in [9.17, 15) is 9.59 Å². The number of hydrogen-bond donors (Lipinski definition) is 5. The van der Waals surface area contributed by atoms with Gasteiger partial charge < -0.3 is 31.7 Å². The van der Waals surface area contributed by atoms with Gasteiger partial charge in [-0.25, -0.2) is 4.79 Å². The van der Waals surface area contributed by atoms with Gasteiger partial charge in [0.25, 0.3) is 0 Å². The quantitative estimate of drug-likeness (QED) is 0.218. The van der Waals surface area contributed by atoms with Crippen LogP contribution in [0.2, 0.25) is 0 Å². The van der Waals surface area contributed by atoms with Crippen molar-refractivity contribution in [3.8, 4) is 0 Å². The first-order valence-corrected chi connectivity index (χ1v) is 8.78. The Bertz CT molecular complexity index is 548. The first-order chi connectivity index (χ1) is 13.0. The molecule has 9 heteroatoms. The number of unbranched alkanes of at least 4 members (excludes halogenated alkanes) is 2. The second kappa shape index (κ2) is 16.6. The number of nitrogens with two attached hydrogens (primary N) is 2. The number of nitrogens with zero attached hydrogens (tertiary/aromatic N) is 1. The number of amides is 1. The maximum Gasteiger partial charge on any atom is 0.407 e. The molecular weight excluding hydrogens is 352 g/mol. The summed E-state index contributed by atoms with van der Waals surface area (Å²) in [5.41, 5.74) is 11.1. The van der Waals surface area contributed by atoms with Gasteiger partial charge in [-0.15, -0.1) is 0 Å². The van der Waals surface area contributed by atoms with Crippen molar-refractivity contribution in [2.75, 3.05) is 19.7 Å². The molecule has 27 heavy (non-hydrogen) atoms. The Kier molecular flexibility index (Phi) is 14.9. The van der Waals surface area contributed by atoms with Gasteiger partial charge >= 0.3 is 12.1 Å². The summed E-state index contributed by atoms with van der Waals surface area (Å²) in [5.74, 6) is -0.662. The van der Waals surface area contributed by atoms with Crippen molar-refractivity contribution in [1.82, 2.24) is 5.32 Å². The molecule has 0 spiro atoms. The van der Waals surface area contributed by atoms with Crippen molar-refractivity contribution in [2.24, 2.45) is 16.5 Å². The molecule has 0 aliphatic heterocycles. The number of ether oxygens (including phenoxy) is 1. The molecule has 7 N–H and O–H groups in total. The van der Waals surface area contributed by atoms with Crippen LogP contribution in [0, 0.1) is 0 Å². The van der Waals surface area contributed by atoms with E-state index in [2.05, 4.69) is 10.3 Å². The zero-order valence-corrected chi connectivity index (χ0v) is 15.5. The molecule has 0 saturated carbocycles. The molecule has 0 fully saturated rings. The van der Waals surface area contributed by atoms with Crippen molar-refractivity contribution in [1.29, 1.82) is 0 Å². The number of aliphatic imine (C=N–C) groups is 1. The first kappa shape index (κ1) is 24.2. The minimum Gasteiger partial charge on any atom is -0.481 e. The molecule has 1 aromatic carbocycles. The predicted molar refractivity (Wildman–Crippen MR) is 103 cm³/mol. The van der Waals surface area contributed by atoms with E-state index in [1.165, 1.54) is 0 Å². The maximum atomic E-state index is 11.1. The van der Waals surface area contributed by atoms with E-state index in [1.807, 2.05) is 30.3 Å². The van der Waals surface area contributed by atoms with Crippen LogP contribution >= 0.6 is 0 Å².